The van der Waals surface area contributed by atoms with Crippen LogP contribution in [-0.2, 0) is 0 Å². The molecular weight excluding hydrogens is 198 g/mol. The monoisotopic (exact) mass is 227 g/mol. The van der Waals surface area contributed by atoms with Gasteiger partial charge in [-0.15, -0.1) is 0 Å². The van der Waals surface area contributed by atoms with Crippen LogP contribution < -0.4 is 5.32 Å². The van der Waals surface area contributed by atoms with Crippen molar-refractivity contribution in [1.29, 1.82) is 0 Å². The Balaban J connectivity index is 2.46. The zero-order valence-corrected chi connectivity index (χ0v) is 11.4. The van der Waals surface area contributed by atoms with Crippen molar-refractivity contribution in [2.45, 2.75) is 71.9 Å². The minimum absolute atomic E-state index is 0.232. The maximum absolute atomic E-state index is 9.14. The molecule has 2 atom stereocenters. The quantitative estimate of drug-likeness (QED) is 0.757. The highest BCUT2D eigenvalue weighted by Gasteiger charge is 2.28. The highest BCUT2D eigenvalue weighted by Crippen LogP contribution is 2.29. The van der Waals surface area contributed by atoms with Gasteiger partial charge in [0.1, 0.15) is 0 Å². The van der Waals surface area contributed by atoms with Crippen LogP contribution in [-0.4, -0.2) is 23.8 Å². The summed E-state index contributed by atoms with van der Waals surface area (Å²) in [7, 11) is 0. The van der Waals surface area contributed by atoms with Crippen molar-refractivity contribution in [1.82, 2.24) is 5.32 Å². The Morgan fingerprint density at radius 3 is 2.25 bits per heavy atom. The predicted molar refractivity (Wildman–Crippen MR) is 69.5 cm³/mol. The van der Waals surface area contributed by atoms with Crippen LogP contribution in [0, 0.1) is 11.3 Å². The van der Waals surface area contributed by atoms with Crippen LogP contribution in [0.1, 0.15) is 59.8 Å². The molecule has 1 aliphatic carbocycles. The lowest BCUT2D eigenvalue weighted by Gasteiger charge is -2.35. The molecule has 2 heteroatoms. The van der Waals surface area contributed by atoms with Gasteiger partial charge in [-0.25, -0.2) is 0 Å². The molecule has 0 bridgehead atoms. The number of hydrogen-bond donors (Lipinski definition) is 2. The standard InChI is InChI=1S/C14H29NO/c1-11(12-7-5-6-8-12)15-13(9-10-16)14(2,3)4/h11-13,15-16H,5-10H2,1-4H3. The van der Waals surface area contributed by atoms with Crippen LogP contribution >= 0.6 is 0 Å². The molecule has 0 heterocycles. The van der Waals surface area contributed by atoms with E-state index in [1.54, 1.807) is 0 Å². The summed E-state index contributed by atoms with van der Waals surface area (Å²) in [6.07, 6.45) is 6.42. The van der Waals surface area contributed by atoms with Gasteiger partial charge in [0.2, 0.25) is 0 Å². The van der Waals surface area contributed by atoms with Crippen LogP contribution in [0.4, 0.5) is 0 Å². The van der Waals surface area contributed by atoms with Crippen molar-refractivity contribution in [3.63, 3.8) is 0 Å². The molecule has 1 saturated carbocycles. The van der Waals surface area contributed by atoms with E-state index in [0.717, 1.165) is 12.3 Å². The summed E-state index contributed by atoms with van der Waals surface area (Å²) in [5.74, 6) is 0.851. The average molecular weight is 227 g/mol. The maximum Gasteiger partial charge on any atom is 0.0446 e. The van der Waals surface area contributed by atoms with Gasteiger partial charge in [0, 0.05) is 18.7 Å². The van der Waals surface area contributed by atoms with E-state index in [9.17, 15) is 0 Å². The molecule has 0 radical (unpaired) electrons. The van der Waals surface area contributed by atoms with E-state index in [0.29, 0.717) is 12.1 Å². The molecule has 1 rings (SSSR count). The van der Waals surface area contributed by atoms with E-state index in [1.807, 2.05) is 0 Å². The van der Waals surface area contributed by atoms with Crippen LogP contribution in [0.2, 0.25) is 0 Å². The summed E-state index contributed by atoms with van der Waals surface area (Å²) in [5, 5.41) is 12.9. The lowest BCUT2D eigenvalue weighted by Crippen LogP contribution is -2.47. The number of aliphatic hydroxyl groups excluding tert-OH is 1. The van der Waals surface area contributed by atoms with Crippen LogP contribution in [0.5, 0.6) is 0 Å². The fourth-order valence-electron chi connectivity index (χ4n) is 2.81. The van der Waals surface area contributed by atoms with Gasteiger partial charge in [-0.3, -0.25) is 0 Å². The molecule has 2 nitrogen and oxygen atoms in total. The molecular formula is C14H29NO. The molecule has 0 aromatic carbocycles. The van der Waals surface area contributed by atoms with Gasteiger partial charge in [0.15, 0.2) is 0 Å². The predicted octanol–water partition coefficient (Wildman–Crippen LogP) is 2.95. The molecule has 2 N–H and O–H groups in total. The molecule has 16 heavy (non-hydrogen) atoms. The Morgan fingerprint density at radius 1 is 1.25 bits per heavy atom. The van der Waals surface area contributed by atoms with E-state index >= 15 is 0 Å². The van der Waals surface area contributed by atoms with Gasteiger partial charge in [0.25, 0.3) is 0 Å². The van der Waals surface area contributed by atoms with Gasteiger partial charge in [-0.1, -0.05) is 33.6 Å². The Hall–Kier alpha value is -0.0800. The fraction of sp³-hybridized carbons (Fsp3) is 1.00. The molecule has 0 aromatic rings. The Kier molecular flexibility index (Phi) is 5.26. The summed E-state index contributed by atoms with van der Waals surface area (Å²) in [6, 6.07) is 1.02. The van der Waals surface area contributed by atoms with E-state index < -0.39 is 0 Å². The third-order valence-corrected chi connectivity index (χ3v) is 4.03. The van der Waals surface area contributed by atoms with Crippen LogP contribution in [0.25, 0.3) is 0 Å². The summed E-state index contributed by atoms with van der Waals surface area (Å²) < 4.78 is 0. The second-order valence-corrected chi connectivity index (χ2v) is 6.43. The molecule has 96 valence electrons. The molecule has 1 fully saturated rings. The SMILES string of the molecule is CC(NC(CCO)C(C)(C)C)C1CCCC1. The highest BCUT2D eigenvalue weighted by atomic mass is 16.3. The lowest BCUT2D eigenvalue weighted by atomic mass is 9.83. The first-order valence-corrected chi connectivity index (χ1v) is 6.82. The van der Waals surface area contributed by atoms with Crippen molar-refractivity contribution < 1.29 is 5.11 Å². The van der Waals surface area contributed by atoms with Crippen molar-refractivity contribution in [3.05, 3.63) is 0 Å². The fourth-order valence-corrected chi connectivity index (χ4v) is 2.81. The van der Waals surface area contributed by atoms with Gasteiger partial charge >= 0.3 is 0 Å². The van der Waals surface area contributed by atoms with E-state index in [4.69, 9.17) is 5.11 Å². The third kappa shape index (κ3) is 4.06. The molecule has 2 unspecified atom stereocenters. The molecule has 1 aliphatic rings. The number of rotatable bonds is 5. The van der Waals surface area contributed by atoms with Gasteiger partial charge in [-0.2, -0.15) is 0 Å². The molecule has 0 aromatic heterocycles. The van der Waals surface area contributed by atoms with Gasteiger partial charge < -0.3 is 10.4 Å². The lowest BCUT2D eigenvalue weighted by molar-refractivity contribution is 0.175. The number of nitrogens with one attached hydrogen (secondary N) is 1. The zero-order chi connectivity index (χ0) is 12.2. The minimum atomic E-state index is 0.232. The van der Waals surface area contributed by atoms with Crippen LogP contribution in [0.3, 0.4) is 0 Å². The Morgan fingerprint density at radius 2 is 1.81 bits per heavy atom. The highest BCUT2D eigenvalue weighted by molar-refractivity contribution is 4.86. The smallest absolute Gasteiger partial charge is 0.0446 e. The summed E-state index contributed by atoms with van der Waals surface area (Å²) >= 11 is 0. The Bertz CT molecular complexity index is 191. The van der Waals surface area contributed by atoms with Crippen molar-refractivity contribution in [3.8, 4) is 0 Å². The molecule has 0 aliphatic heterocycles. The van der Waals surface area contributed by atoms with E-state index in [-0.39, 0.29) is 12.0 Å². The molecule has 0 amide bonds. The second-order valence-electron chi connectivity index (χ2n) is 6.43. The first-order valence-electron chi connectivity index (χ1n) is 6.82. The maximum atomic E-state index is 9.14. The topological polar surface area (TPSA) is 32.3 Å². The van der Waals surface area contributed by atoms with Gasteiger partial charge in [0.05, 0.1) is 0 Å². The van der Waals surface area contributed by atoms with Crippen molar-refractivity contribution in [2.24, 2.45) is 11.3 Å². The summed E-state index contributed by atoms with van der Waals surface area (Å²) in [4.78, 5) is 0. The average Bonchev–Trinajstić information content (AvgIpc) is 2.68. The summed E-state index contributed by atoms with van der Waals surface area (Å²) in [5.41, 5.74) is 0.232. The number of hydrogen-bond acceptors (Lipinski definition) is 2. The van der Waals surface area contributed by atoms with Crippen molar-refractivity contribution in [2.75, 3.05) is 6.61 Å². The van der Waals surface area contributed by atoms with Gasteiger partial charge in [-0.05, 0) is 37.5 Å². The van der Waals surface area contributed by atoms with Crippen molar-refractivity contribution >= 4 is 0 Å². The molecule has 0 saturated heterocycles. The summed E-state index contributed by atoms with van der Waals surface area (Å²) in [6.45, 7) is 9.35. The largest absolute Gasteiger partial charge is 0.396 e. The normalized spacial score (nSPS) is 22.3. The molecule has 0 spiro atoms. The Labute approximate surface area is 101 Å². The van der Waals surface area contributed by atoms with E-state index in [1.165, 1.54) is 25.7 Å². The van der Waals surface area contributed by atoms with Crippen LogP contribution in [0.15, 0.2) is 0 Å². The van der Waals surface area contributed by atoms with E-state index in [2.05, 4.69) is 33.0 Å². The minimum Gasteiger partial charge on any atom is -0.396 e. The number of aliphatic hydroxyl groups is 1. The first kappa shape index (κ1) is 14.0. The third-order valence-electron chi connectivity index (χ3n) is 4.03. The second kappa shape index (κ2) is 6.02. The first-order chi connectivity index (χ1) is 7.45. The zero-order valence-electron chi connectivity index (χ0n) is 11.4.